The van der Waals surface area contributed by atoms with E-state index in [4.69, 9.17) is 19.7 Å². The summed E-state index contributed by atoms with van der Waals surface area (Å²) in [7, 11) is 1.41. The van der Waals surface area contributed by atoms with Crippen molar-refractivity contribution in [1.82, 2.24) is 5.16 Å². The minimum atomic E-state index is -0.954. The van der Waals surface area contributed by atoms with Crippen LogP contribution in [0.2, 0.25) is 0 Å². The molecular weight excluding hydrogens is 378 g/mol. The first-order valence-corrected chi connectivity index (χ1v) is 8.93. The van der Waals surface area contributed by atoms with Gasteiger partial charge in [0.05, 0.1) is 7.11 Å². The Morgan fingerprint density at radius 3 is 2.52 bits per heavy atom. The fraction of sp³-hybridized carbons (Fsp3) is 0.136. The van der Waals surface area contributed by atoms with Crippen molar-refractivity contribution in [2.24, 2.45) is 5.73 Å². The van der Waals surface area contributed by atoms with Gasteiger partial charge in [-0.2, -0.15) is 0 Å². The number of halogens is 2. The van der Waals surface area contributed by atoms with E-state index in [9.17, 15) is 8.78 Å². The third-order valence-electron chi connectivity index (χ3n) is 4.65. The van der Waals surface area contributed by atoms with Gasteiger partial charge in [-0.15, -0.1) is 0 Å². The van der Waals surface area contributed by atoms with Crippen LogP contribution in [0.25, 0.3) is 22.1 Å². The van der Waals surface area contributed by atoms with E-state index in [0.717, 1.165) is 23.1 Å². The van der Waals surface area contributed by atoms with E-state index in [2.05, 4.69) is 5.16 Å². The molecule has 0 bridgehead atoms. The van der Waals surface area contributed by atoms with Gasteiger partial charge >= 0.3 is 0 Å². The van der Waals surface area contributed by atoms with E-state index in [1.54, 1.807) is 24.3 Å². The van der Waals surface area contributed by atoms with Crippen LogP contribution in [0.3, 0.4) is 0 Å². The predicted molar refractivity (Wildman–Crippen MR) is 105 cm³/mol. The summed E-state index contributed by atoms with van der Waals surface area (Å²) in [5, 5.41) is 4.85. The van der Waals surface area contributed by atoms with Gasteiger partial charge in [0, 0.05) is 29.1 Å². The summed E-state index contributed by atoms with van der Waals surface area (Å²) in [6.07, 6.45) is 0. The largest absolute Gasteiger partial charge is 0.496 e. The number of aromatic nitrogens is 1. The molecule has 0 aliphatic carbocycles. The van der Waals surface area contributed by atoms with Crippen molar-refractivity contribution < 1.29 is 22.8 Å². The van der Waals surface area contributed by atoms with Crippen LogP contribution in [-0.4, -0.2) is 12.3 Å². The lowest BCUT2D eigenvalue weighted by molar-refractivity contribution is 0.304. The topological polar surface area (TPSA) is 70.5 Å². The van der Waals surface area contributed by atoms with Gasteiger partial charge in [0.1, 0.15) is 23.8 Å². The van der Waals surface area contributed by atoms with Gasteiger partial charge in [-0.25, -0.2) is 8.78 Å². The fourth-order valence-corrected chi connectivity index (χ4v) is 3.15. The summed E-state index contributed by atoms with van der Waals surface area (Å²) >= 11 is 0. The molecule has 0 aliphatic rings. The van der Waals surface area contributed by atoms with Gasteiger partial charge in [-0.05, 0) is 29.8 Å². The molecule has 29 heavy (non-hydrogen) atoms. The van der Waals surface area contributed by atoms with Crippen LogP contribution in [0.4, 0.5) is 8.78 Å². The Morgan fingerprint density at radius 1 is 1.03 bits per heavy atom. The molecule has 0 spiro atoms. The molecule has 0 saturated carbocycles. The highest BCUT2D eigenvalue weighted by molar-refractivity contribution is 5.82. The Labute approximate surface area is 165 Å². The van der Waals surface area contributed by atoms with Crippen LogP contribution in [0.5, 0.6) is 11.5 Å². The van der Waals surface area contributed by atoms with Crippen molar-refractivity contribution in [3.63, 3.8) is 0 Å². The maximum atomic E-state index is 13.6. The first kappa shape index (κ1) is 18.9. The zero-order valence-corrected chi connectivity index (χ0v) is 15.6. The molecule has 1 heterocycles. The maximum absolute atomic E-state index is 13.6. The first-order valence-electron chi connectivity index (χ1n) is 8.93. The zero-order valence-electron chi connectivity index (χ0n) is 15.6. The predicted octanol–water partition coefficient (Wildman–Crippen LogP) is 4.82. The lowest BCUT2D eigenvalue weighted by Gasteiger charge is -2.11. The third-order valence-corrected chi connectivity index (χ3v) is 4.65. The molecule has 0 saturated heterocycles. The highest BCUT2D eigenvalue weighted by Gasteiger charge is 2.13. The quantitative estimate of drug-likeness (QED) is 0.506. The van der Waals surface area contributed by atoms with Crippen molar-refractivity contribution in [3.05, 3.63) is 77.5 Å². The zero-order chi connectivity index (χ0) is 20.4. The SMILES string of the molecule is COc1cc(F)c(F)cc1-c1ccc(OCc2cccc3c(CN)noc23)cc1. The van der Waals surface area contributed by atoms with Crippen LogP contribution in [-0.2, 0) is 13.2 Å². The molecule has 0 unspecified atom stereocenters. The van der Waals surface area contributed by atoms with Gasteiger partial charge in [-0.1, -0.05) is 29.4 Å². The van der Waals surface area contributed by atoms with Crippen molar-refractivity contribution in [2.75, 3.05) is 7.11 Å². The smallest absolute Gasteiger partial charge is 0.173 e. The lowest BCUT2D eigenvalue weighted by Crippen LogP contribution is -1.98. The minimum Gasteiger partial charge on any atom is -0.496 e. The van der Waals surface area contributed by atoms with E-state index >= 15 is 0 Å². The van der Waals surface area contributed by atoms with Crippen LogP contribution >= 0.6 is 0 Å². The van der Waals surface area contributed by atoms with Gasteiger partial charge < -0.3 is 19.7 Å². The summed E-state index contributed by atoms with van der Waals surface area (Å²) in [4.78, 5) is 0. The average molecular weight is 396 g/mol. The Kier molecular flexibility index (Phi) is 5.14. The van der Waals surface area contributed by atoms with Gasteiger partial charge in [-0.3, -0.25) is 0 Å². The number of hydrogen-bond acceptors (Lipinski definition) is 5. The molecule has 5 nitrogen and oxygen atoms in total. The summed E-state index contributed by atoms with van der Waals surface area (Å²) in [6, 6.07) is 14.9. The number of para-hydroxylation sites is 1. The van der Waals surface area contributed by atoms with Crippen molar-refractivity contribution in [1.29, 1.82) is 0 Å². The number of nitrogens with zero attached hydrogens (tertiary/aromatic N) is 1. The van der Waals surface area contributed by atoms with Crippen LogP contribution in [0.15, 0.2) is 59.1 Å². The number of methoxy groups -OCH3 is 1. The second-order valence-electron chi connectivity index (χ2n) is 6.41. The standard InChI is InChI=1S/C22H18F2N2O3/c1-27-21-10-19(24)18(23)9-17(21)13-5-7-15(8-6-13)28-12-14-3-2-4-16-20(11-25)26-29-22(14)16/h2-10H,11-12,25H2,1H3. The number of nitrogens with two attached hydrogens (primary N) is 1. The molecule has 0 amide bonds. The molecule has 148 valence electrons. The maximum Gasteiger partial charge on any atom is 0.173 e. The Bertz CT molecular complexity index is 1160. The number of ether oxygens (including phenoxy) is 2. The highest BCUT2D eigenvalue weighted by Crippen LogP contribution is 2.33. The summed E-state index contributed by atoms with van der Waals surface area (Å²) in [6.45, 7) is 0.580. The highest BCUT2D eigenvalue weighted by atomic mass is 19.2. The van der Waals surface area contributed by atoms with Crippen LogP contribution in [0, 0.1) is 11.6 Å². The molecule has 1 aromatic heterocycles. The Morgan fingerprint density at radius 2 is 1.79 bits per heavy atom. The molecule has 2 N–H and O–H groups in total. The lowest BCUT2D eigenvalue weighted by atomic mass is 10.0. The Hall–Kier alpha value is -3.45. The monoisotopic (exact) mass is 396 g/mol. The molecule has 4 rings (SSSR count). The van der Waals surface area contributed by atoms with E-state index in [1.807, 2.05) is 18.2 Å². The molecule has 4 aromatic rings. The molecule has 3 aromatic carbocycles. The second-order valence-corrected chi connectivity index (χ2v) is 6.41. The molecule has 7 heteroatoms. The summed E-state index contributed by atoms with van der Waals surface area (Å²) < 4.78 is 43.5. The number of hydrogen-bond donors (Lipinski definition) is 1. The molecule has 0 radical (unpaired) electrons. The average Bonchev–Trinajstić information content (AvgIpc) is 3.18. The van der Waals surface area contributed by atoms with E-state index in [0.29, 0.717) is 34.7 Å². The Balaban J connectivity index is 1.54. The second kappa shape index (κ2) is 7.89. The molecule has 0 fully saturated rings. The van der Waals surface area contributed by atoms with E-state index in [1.165, 1.54) is 7.11 Å². The van der Waals surface area contributed by atoms with Crippen LogP contribution in [0.1, 0.15) is 11.3 Å². The third kappa shape index (κ3) is 3.64. The van der Waals surface area contributed by atoms with Crippen molar-refractivity contribution >= 4 is 11.0 Å². The van der Waals surface area contributed by atoms with E-state index in [-0.39, 0.29) is 12.4 Å². The molecule has 0 aliphatic heterocycles. The van der Waals surface area contributed by atoms with Gasteiger partial charge in [0.25, 0.3) is 0 Å². The van der Waals surface area contributed by atoms with Crippen LogP contribution < -0.4 is 15.2 Å². The summed E-state index contributed by atoms with van der Waals surface area (Å²) in [5.41, 5.74) is 9.00. The number of fused-ring (bicyclic) bond motifs is 1. The molecular formula is C22H18F2N2O3. The van der Waals surface area contributed by atoms with Crippen molar-refractivity contribution in [2.45, 2.75) is 13.2 Å². The van der Waals surface area contributed by atoms with E-state index < -0.39 is 11.6 Å². The fourth-order valence-electron chi connectivity index (χ4n) is 3.15. The van der Waals surface area contributed by atoms with Gasteiger partial charge in [0.15, 0.2) is 17.2 Å². The summed E-state index contributed by atoms with van der Waals surface area (Å²) in [5.74, 6) is -1.01. The number of rotatable bonds is 6. The van der Waals surface area contributed by atoms with Crippen molar-refractivity contribution in [3.8, 4) is 22.6 Å². The normalized spacial score (nSPS) is 11.0. The minimum absolute atomic E-state index is 0.255. The number of benzene rings is 3. The first-order chi connectivity index (χ1) is 14.1. The molecule has 0 atom stereocenters. The van der Waals surface area contributed by atoms with Gasteiger partial charge in [0.2, 0.25) is 0 Å².